The summed E-state index contributed by atoms with van der Waals surface area (Å²) in [5.41, 5.74) is 2.02. The average Bonchev–Trinajstić information content (AvgIpc) is 2.62. The van der Waals surface area contributed by atoms with Gasteiger partial charge in [0.2, 0.25) is 10.0 Å². The molecular weight excluding hydrogens is 322 g/mol. The summed E-state index contributed by atoms with van der Waals surface area (Å²) in [6.07, 6.45) is 2.03. The molecule has 128 valence electrons. The van der Waals surface area contributed by atoms with Crippen LogP contribution in [0.2, 0.25) is 0 Å². The molecule has 0 aromatic heterocycles. The molecule has 0 saturated carbocycles. The van der Waals surface area contributed by atoms with Crippen molar-refractivity contribution in [3.05, 3.63) is 48.5 Å². The van der Waals surface area contributed by atoms with Crippen LogP contribution in [0.3, 0.4) is 0 Å². The maximum absolute atomic E-state index is 12.8. The lowest BCUT2D eigenvalue weighted by atomic mass is 10.0. The molecule has 3 rings (SSSR count). The van der Waals surface area contributed by atoms with Gasteiger partial charge in [-0.05, 0) is 54.2 Å². The van der Waals surface area contributed by atoms with E-state index in [1.54, 1.807) is 23.5 Å². The van der Waals surface area contributed by atoms with E-state index in [-0.39, 0.29) is 0 Å². The monoisotopic (exact) mass is 345 g/mol. The van der Waals surface area contributed by atoms with Crippen molar-refractivity contribution >= 4 is 10.0 Å². The van der Waals surface area contributed by atoms with Crippen LogP contribution in [0, 0.1) is 5.92 Å². The van der Waals surface area contributed by atoms with E-state index in [4.69, 9.17) is 4.74 Å². The van der Waals surface area contributed by atoms with Crippen molar-refractivity contribution in [3.63, 3.8) is 0 Å². The molecule has 24 heavy (non-hydrogen) atoms. The first kappa shape index (κ1) is 17.0. The van der Waals surface area contributed by atoms with Crippen LogP contribution in [0.4, 0.5) is 0 Å². The van der Waals surface area contributed by atoms with Crippen LogP contribution in [-0.4, -0.2) is 32.9 Å². The summed E-state index contributed by atoms with van der Waals surface area (Å²) >= 11 is 0. The maximum Gasteiger partial charge on any atom is 0.243 e. The summed E-state index contributed by atoms with van der Waals surface area (Å²) in [6.45, 7) is 3.34. The van der Waals surface area contributed by atoms with Crippen molar-refractivity contribution in [3.8, 4) is 16.9 Å². The van der Waals surface area contributed by atoms with Crippen LogP contribution >= 0.6 is 0 Å². The third kappa shape index (κ3) is 3.47. The summed E-state index contributed by atoms with van der Waals surface area (Å²) in [5.74, 6) is 1.23. The Labute approximate surface area is 144 Å². The van der Waals surface area contributed by atoms with Crippen molar-refractivity contribution in [1.82, 2.24) is 4.31 Å². The molecule has 1 saturated heterocycles. The Bertz CT molecular complexity index is 782. The number of hydrogen-bond acceptors (Lipinski definition) is 3. The van der Waals surface area contributed by atoms with E-state index >= 15 is 0 Å². The van der Waals surface area contributed by atoms with E-state index in [1.807, 2.05) is 36.4 Å². The van der Waals surface area contributed by atoms with Crippen LogP contribution in [0.5, 0.6) is 5.75 Å². The fourth-order valence-corrected chi connectivity index (χ4v) is 4.71. The summed E-state index contributed by atoms with van der Waals surface area (Å²) < 4.78 is 32.3. The highest BCUT2D eigenvalue weighted by atomic mass is 32.2. The molecule has 0 spiro atoms. The van der Waals surface area contributed by atoms with Gasteiger partial charge in [0.05, 0.1) is 12.0 Å². The standard InChI is InChI=1S/C19H23NO3S/c1-15-4-3-13-20(14-15)24(21,22)19-11-7-17(8-12-19)16-5-9-18(23-2)10-6-16/h5-12,15H,3-4,13-14H2,1-2H3. The molecule has 5 heteroatoms. The number of hydrogen-bond donors (Lipinski definition) is 0. The molecule has 4 nitrogen and oxygen atoms in total. The van der Waals surface area contributed by atoms with Gasteiger partial charge in [0.1, 0.15) is 5.75 Å². The van der Waals surface area contributed by atoms with E-state index < -0.39 is 10.0 Å². The minimum atomic E-state index is -3.39. The molecule has 0 N–H and O–H groups in total. The van der Waals surface area contributed by atoms with Crippen LogP contribution in [0.15, 0.2) is 53.4 Å². The predicted octanol–water partition coefficient (Wildman–Crippen LogP) is 3.78. The number of rotatable bonds is 4. The van der Waals surface area contributed by atoms with Crippen molar-refractivity contribution in [2.24, 2.45) is 5.92 Å². The van der Waals surface area contributed by atoms with Crippen LogP contribution in [0.25, 0.3) is 11.1 Å². The number of sulfonamides is 1. The predicted molar refractivity (Wildman–Crippen MR) is 95.6 cm³/mol. The summed E-state index contributed by atoms with van der Waals surface area (Å²) in [5, 5.41) is 0. The van der Waals surface area contributed by atoms with E-state index in [0.717, 1.165) is 29.7 Å². The summed E-state index contributed by atoms with van der Waals surface area (Å²) in [4.78, 5) is 0.369. The second-order valence-electron chi connectivity index (χ2n) is 6.36. The Morgan fingerprint density at radius 3 is 2.12 bits per heavy atom. The van der Waals surface area contributed by atoms with Crippen LogP contribution in [-0.2, 0) is 10.0 Å². The Kier molecular flexibility index (Phi) is 4.92. The SMILES string of the molecule is COc1ccc(-c2ccc(S(=O)(=O)N3CCCC(C)C3)cc2)cc1. The lowest BCUT2D eigenvalue weighted by Gasteiger charge is -2.30. The van der Waals surface area contributed by atoms with Gasteiger partial charge in [-0.15, -0.1) is 0 Å². The highest BCUT2D eigenvalue weighted by Gasteiger charge is 2.28. The molecule has 0 aliphatic carbocycles. The smallest absolute Gasteiger partial charge is 0.243 e. The van der Waals surface area contributed by atoms with Gasteiger partial charge in [0.15, 0.2) is 0 Å². The van der Waals surface area contributed by atoms with E-state index in [9.17, 15) is 8.42 Å². The molecule has 0 bridgehead atoms. The van der Waals surface area contributed by atoms with Crippen molar-refractivity contribution in [2.75, 3.05) is 20.2 Å². The Morgan fingerprint density at radius 1 is 1.00 bits per heavy atom. The van der Waals surface area contributed by atoms with Gasteiger partial charge >= 0.3 is 0 Å². The average molecular weight is 345 g/mol. The second-order valence-corrected chi connectivity index (χ2v) is 8.30. The van der Waals surface area contributed by atoms with Crippen LogP contribution in [0.1, 0.15) is 19.8 Å². The Morgan fingerprint density at radius 2 is 1.58 bits per heavy atom. The fourth-order valence-electron chi connectivity index (χ4n) is 3.12. The highest BCUT2D eigenvalue weighted by Crippen LogP contribution is 2.27. The first-order chi connectivity index (χ1) is 11.5. The molecule has 1 aliphatic rings. The van der Waals surface area contributed by atoms with Gasteiger partial charge in [-0.25, -0.2) is 8.42 Å². The molecule has 1 fully saturated rings. The quantitative estimate of drug-likeness (QED) is 0.847. The lowest BCUT2D eigenvalue weighted by molar-refractivity contribution is 0.281. The summed E-state index contributed by atoms with van der Waals surface area (Å²) in [6, 6.07) is 14.9. The minimum Gasteiger partial charge on any atom is -0.497 e. The van der Waals surface area contributed by atoms with Gasteiger partial charge in [0.25, 0.3) is 0 Å². The third-order valence-corrected chi connectivity index (χ3v) is 6.41. The lowest BCUT2D eigenvalue weighted by Crippen LogP contribution is -2.39. The largest absolute Gasteiger partial charge is 0.497 e. The Balaban J connectivity index is 1.82. The fraction of sp³-hybridized carbons (Fsp3) is 0.368. The molecule has 1 atom stereocenters. The first-order valence-electron chi connectivity index (χ1n) is 8.25. The number of ether oxygens (including phenoxy) is 1. The number of piperidine rings is 1. The van der Waals surface area contributed by atoms with Crippen molar-refractivity contribution < 1.29 is 13.2 Å². The maximum atomic E-state index is 12.8. The first-order valence-corrected chi connectivity index (χ1v) is 9.69. The molecular formula is C19H23NO3S. The van der Waals surface area contributed by atoms with Crippen LogP contribution < -0.4 is 4.74 Å². The van der Waals surface area contributed by atoms with Gasteiger partial charge in [-0.3, -0.25) is 0 Å². The molecule has 2 aromatic rings. The number of nitrogens with zero attached hydrogens (tertiary/aromatic N) is 1. The van der Waals surface area contributed by atoms with Gasteiger partial charge in [-0.1, -0.05) is 31.2 Å². The summed E-state index contributed by atoms with van der Waals surface area (Å²) in [7, 11) is -1.76. The number of benzene rings is 2. The molecule has 2 aromatic carbocycles. The zero-order valence-corrected chi connectivity index (χ0v) is 14.9. The normalized spacial score (nSPS) is 19.2. The molecule has 1 heterocycles. The highest BCUT2D eigenvalue weighted by molar-refractivity contribution is 7.89. The second kappa shape index (κ2) is 6.95. The zero-order chi connectivity index (χ0) is 17.2. The Hall–Kier alpha value is -1.85. The van der Waals surface area contributed by atoms with Crippen molar-refractivity contribution in [1.29, 1.82) is 0 Å². The van der Waals surface area contributed by atoms with Gasteiger partial charge < -0.3 is 4.74 Å². The minimum absolute atomic E-state index is 0.369. The number of methoxy groups -OCH3 is 1. The van der Waals surface area contributed by atoms with E-state index in [0.29, 0.717) is 23.9 Å². The molecule has 0 amide bonds. The molecule has 1 unspecified atom stereocenters. The van der Waals surface area contributed by atoms with Gasteiger partial charge in [0, 0.05) is 13.1 Å². The molecule has 1 aliphatic heterocycles. The van der Waals surface area contributed by atoms with E-state index in [1.165, 1.54) is 0 Å². The molecule has 0 radical (unpaired) electrons. The van der Waals surface area contributed by atoms with Gasteiger partial charge in [-0.2, -0.15) is 4.31 Å². The van der Waals surface area contributed by atoms with E-state index in [2.05, 4.69) is 6.92 Å². The third-order valence-electron chi connectivity index (χ3n) is 4.54. The zero-order valence-electron chi connectivity index (χ0n) is 14.1. The van der Waals surface area contributed by atoms with Crippen molar-refractivity contribution in [2.45, 2.75) is 24.7 Å². The topological polar surface area (TPSA) is 46.6 Å².